The van der Waals surface area contributed by atoms with Crippen molar-refractivity contribution in [1.29, 1.82) is 0 Å². The van der Waals surface area contributed by atoms with E-state index < -0.39 is 0 Å². The van der Waals surface area contributed by atoms with Crippen molar-refractivity contribution in [3.8, 4) is 11.5 Å². The summed E-state index contributed by atoms with van der Waals surface area (Å²) in [6.07, 6.45) is 0. The fourth-order valence-corrected chi connectivity index (χ4v) is 1.83. The molecule has 3 rings (SSSR count). The van der Waals surface area contributed by atoms with Crippen LogP contribution in [0.3, 0.4) is 0 Å². The summed E-state index contributed by atoms with van der Waals surface area (Å²) in [4.78, 5) is 0. The second-order valence-corrected chi connectivity index (χ2v) is 4.41. The first-order chi connectivity index (χ1) is 9.69. The van der Waals surface area contributed by atoms with Crippen LogP contribution in [0.5, 0.6) is 11.5 Å². The lowest BCUT2D eigenvalue weighted by Gasteiger charge is -1.98. The molecule has 0 radical (unpaired) electrons. The van der Waals surface area contributed by atoms with Crippen molar-refractivity contribution >= 4 is 10.8 Å². The summed E-state index contributed by atoms with van der Waals surface area (Å²) in [5.74, 6) is 0.487. The molecule has 0 amide bonds. The summed E-state index contributed by atoms with van der Waals surface area (Å²) >= 11 is 0. The molecule has 3 heteroatoms. The lowest BCUT2D eigenvalue weighted by Crippen LogP contribution is -1.94. The van der Waals surface area contributed by atoms with E-state index in [0.717, 1.165) is 10.8 Å². The molecule has 0 aromatic heterocycles. The first-order valence-electron chi connectivity index (χ1n) is 6.35. The van der Waals surface area contributed by atoms with Crippen LogP contribution in [-0.2, 0) is 6.54 Å². The number of hydrogen-bond acceptors (Lipinski definition) is 3. The van der Waals surface area contributed by atoms with Gasteiger partial charge in [-0.15, -0.1) is 0 Å². The third-order valence-electron chi connectivity index (χ3n) is 2.89. The summed E-state index contributed by atoms with van der Waals surface area (Å²) in [7, 11) is 0. The smallest absolute Gasteiger partial charge is 0.116 e. The fourth-order valence-electron chi connectivity index (χ4n) is 1.83. The minimum Gasteiger partial charge on any atom is -0.508 e. The molecule has 0 spiro atoms. The molecular formula is C17H17NO2. The Kier molecular flexibility index (Phi) is 4.58. The number of phenols is 2. The Balaban J connectivity index is 0.000000160. The van der Waals surface area contributed by atoms with Crippen molar-refractivity contribution < 1.29 is 10.2 Å². The van der Waals surface area contributed by atoms with Gasteiger partial charge in [0, 0.05) is 6.54 Å². The monoisotopic (exact) mass is 267 g/mol. The maximum absolute atomic E-state index is 9.14. The Morgan fingerprint density at radius 2 is 1.20 bits per heavy atom. The van der Waals surface area contributed by atoms with Crippen LogP contribution in [0.15, 0.2) is 66.7 Å². The summed E-state index contributed by atoms with van der Waals surface area (Å²) < 4.78 is 0. The number of aromatic hydroxyl groups is 2. The predicted molar refractivity (Wildman–Crippen MR) is 81.6 cm³/mol. The van der Waals surface area contributed by atoms with E-state index in [1.54, 1.807) is 36.4 Å². The SMILES string of the molecule is NCc1ccccc1.Oc1ccc2cc(O)ccc2c1. The Labute approximate surface area is 117 Å². The van der Waals surface area contributed by atoms with Gasteiger partial charge in [-0.25, -0.2) is 0 Å². The minimum absolute atomic E-state index is 0.244. The highest BCUT2D eigenvalue weighted by Crippen LogP contribution is 2.23. The van der Waals surface area contributed by atoms with Crippen LogP contribution in [-0.4, -0.2) is 10.2 Å². The highest BCUT2D eigenvalue weighted by Gasteiger charge is 1.95. The van der Waals surface area contributed by atoms with Crippen molar-refractivity contribution in [1.82, 2.24) is 0 Å². The van der Waals surface area contributed by atoms with Crippen molar-refractivity contribution in [3.63, 3.8) is 0 Å². The molecule has 3 aromatic rings. The molecule has 20 heavy (non-hydrogen) atoms. The summed E-state index contributed by atoms with van der Waals surface area (Å²) in [6, 6.07) is 20.0. The standard InChI is InChI=1S/C10H8O2.C7H9N/c11-9-3-1-7-5-10(12)4-2-8(7)6-9;8-6-7-4-2-1-3-5-7/h1-6,11-12H;1-5H,6,8H2. The lowest BCUT2D eigenvalue weighted by molar-refractivity contribution is 0.474. The van der Waals surface area contributed by atoms with E-state index in [2.05, 4.69) is 0 Å². The zero-order chi connectivity index (χ0) is 14.4. The Morgan fingerprint density at radius 3 is 1.60 bits per heavy atom. The van der Waals surface area contributed by atoms with Gasteiger partial charge in [0.05, 0.1) is 0 Å². The van der Waals surface area contributed by atoms with Gasteiger partial charge in [0.2, 0.25) is 0 Å². The van der Waals surface area contributed by atoms with Gasteiger partial charge in [0.1, 0.15) is 11.5 Å². The van der Waals surface area contributed by atoms with E-state index in [1.165, 1.54) is 5.56 Å². The number of hydrogen-bond donors (Lipinski definition) is 3. The second-order valence-electron chi connectivity index (χ2n) is 4.41. The van der Waals surface area contributed by atoms with Crippen LogP contribution >= 0.6 is 0 Å². The third-order valence-corrected chi connectivity index (χ3v) is 2.89. The molecule has 0 fully saturated rings. The molecule has 3 aromatic carbocycles. The molecule has 0 aliphatic rings. The first kappa shape index (κ1) is 13.9. The van der Waals surface area contributed by atoms with Crippen LogP contribution in [0.25, 0.3) is 10.8 Å². The summed E-state index contributed by atoms with van der Waals surface area (Å²) in [5.41, 5.74) is 6.54. The molecule has 0 bridgehead atoms. The van der Waals surface area contributed by atoms with Gasteiger partial charge >= 0.3 is 0 Å². The van der Waals surface area contributed by atoms with Gasteiger partial charge in [0.25, 0.3) is 0 Å². The zero-order valence-corrected chi connectivity index (χ0v) is 11.0. The molecule has 0 aliphatic carbocycles. The summed E-state index contributed by atoms with van der Waals surface area (Å²) in [5, 5.41) is 20.1. The first-order valence-corrected chi connectivity index (χ1v) is 6.35. The Hall–Kier alpha value is -2.52. The van der Waals surface area contributed by atoms with Crippen LogP contribution in [0.2, 0.25) is 0 Å². The van der Waals surface area contributed by atoms with Crippen LogP contribution < -0.4 is 5.73 Å². The number of rotatable bonds is 1. The van der Waals surface area contributed by atoms with Gasteiger partial charge in [-0.2, -0.15) is 0 Å². The van der Waals surface area contributed by atoms with E-state index in [1.807, 2.05) is 30.3 Å². The molecule has 0 saturated carbocycles. The van der Waals surface area contributed by atoms with E-state index in [9.17, 15) is 0 Å². The molecule has 0 heterocycles. The van der Waals surface area contributed by atoms with Crippen molar-refractivity contribution in [2.75, 3.05) is 0 Å². The van der Waals surface area contributed by atoms with Gasteiger partial charge in [-0.05, 0) is 40.6 Å². The summed E-state index contributed by atoms with van der Waals surface area (Å²) in [6.45, 7) is 0.640. The van der Waals surface area contributed by atoms with Gasteiger partial charge in [0.15, 0.2) is 0 Å². The number of fused-ring (bicyclic) bond motifs is 1. The van der Waals surface area contributed by atoms with E-state index in [4.69, 9.17) is 15.9 Å². The van der Waals surface area contributed by atoms with Crippen molar-refractivity contribution in [2.24, 2.45) is 5.73 Å². The third kappa shape index (κ3) is 3.73. The molecular weight excluding hydrogens is 250 g/mol. The number of phenolic OH excluding ortho intramolecular Hbond substituents is 2. The minimum atomic E-state index is 0.244. The van der Waals surface area contributed by atoms with Crippen LogP contribution in [0.4, 0.5) is 0 Å². The molecule has 102 valence electrons. The molecule has 0 saturated heterocycles. The average molecular weight is 267 g/mol. The Morgan fingerprint density at radius 1 is 0.700 bits per heavy atom. The largest absolute Gasteiger partial charge is 0.508 e. The molecule has 0 aliphatic heterocycles. The van der Waals surface area contributed by atoms with Crippen molar-refractivity contribution in [2.45, 2.75) is 6.54 Å². The van der Waals surface area contributed by atoms with Gasteiger partial charge < -0.3 is 15.9 Å². The van der Waals surface area contributed by atoms with E-state index in [-0.39, 0.29) is 11.5 Å². The highest BCUT2D eigenvalue weighted by atomic mass is 16.3. The number of benzene rings is 3. The fraction of sp³-hybridized carbons (Fsp3) is 0.0588. The molecule has 4 N–H and O–H groups in total. The number of nitrogens with two attached hydrogens (primary N) is 1. The van der Waals surface area contributed by atoms with E-state index in [0.29, 0.717) is 6.54 Å². The maximum Gasteiger partial charge on any atom is 0.116 e. The quantitative estimate of drug-likeness (QED) is 0.633. The van der Waals surface area contributed by atoms with Gasteiger partial charge in [-0.3, -0.25) is 0 Å². The highest BCUT2D eigenvalue weighted by molar-refractivity contribution is 5.84. The lowest BCUT2D eigenvalue weighted by atomic mass is 10.1. The molecule has 0 atom stereocenters. The topological polar surface area (TPSA) is 66.5 Å². The molecule has 0 unspecified atom stereocenters. The Bertz CT molecular complexity index is 640. The zero-order valence-electron chi connectivity index (χ0n) is 11.0. The molecule has 3 nitrogen and oxygen atoms in total. The second kappa shape index (κ2) is 6.59. The predicted octanol–water partition coefficient (Wildman–Crippen LogP) is 3.40. The van der Waals surface area contributed by atoms with E-state index >= 15 is 0 Å². The van der Waals surface area contributed by atoms with Crippen molar-refractivity contribution in [3.05, 3.63) is 72.3 Å². The van der Waals surface area contributed by atoms with Gasteiger partial charge in [-0.1, -0.05) is 42.5 Å². The normalized spacial score (nSPS) is 9.85. The maximum atomic E-state index is 9.14. The van der Waals surface area contributed by atoms with Crippen LogP contribution in [0, 0.1) is 0 Å². The van der Waals surface area contributed by atoms with Crippen LogP contribution in [0.1, 0.15) is 5.56 Å². The average Bonchev–Trinajstić information content (AvgIpc) is 2.49.